The van der Waals surface area contributed by atoms with Crippen LogP contribution in [0, 0.1) is 25.1 Å². The number of rotatable bonds is 2. The number of benzene rings is 4. The molecule has 0 aliphatic heterocycles. The van der Waals surface area contributed by atoms with E-state index in [1.165, 1.54) is 16.3 Å². The van der Waals surface area contributed by atoms with E-state index in [9.17, 15) is 0 Å². The Kier molecular flexibility index (Phi) is 7.71. The molecule has 0 spiro atoms. The molecule has 150 valence electrons. The summed E-state index contributed by atoms with van der Waals surface area (Å²) in [5.74, 6) is 0. The molecular weight excluding hydrogens is 545 g/mol. The molecule has 30 heavy (non-hydrogen) atoms. The maximum absolute atomic E-state index is 4.48. The summed E-state index contributed by atoms with van der Waals surface area (Å²) in [6, 6.07) is 41.8. The molecule has 0 N–H and O–H groups in total. The number of pyridine rings is 1. The first kappa shape index (κ1) is 21.7. The van der Waals surface area contributed by atoms with Gasteiger partial charge in [-0.3, -0.25) is 0 Å². The van der Waals surface area contributed by atoms with Crippen molar-refractivity contribution in [2.75, 3.05) is 0 Å². The summed E-state index contributed by atoms with van der Waals surface area (Å²) >= 11 is 0. The minimum Gasteiger partial charge on any atom is -0.304 e. The smallest absolute Gasteiger partial charge is 0.0167 e. The molecule has 5 rings (SSSR count). The zero-order chi connectivity index (χ0) is 19.9. The molecular formula is C28H20NPt-3. The molecule has 1 aromatic heterocycles. The van der Waals surface area contributed by atoms with Crippen LogP contribution in [0.4, 0.5) is 0 Å². The third kappa shape index (κ3) is 5.32. The van der Waals surface area contributed by atoms with Gasteiger partial charge in [0.05, 0.1) is 0 Å². The van der Waals surface area contributed by atoms with Crippen molar-refractivity contribution >= 4 is 10.8 Å². The van der Waals surface area contributed by atoms with Gasteiger partial charge < -0.3 is 4.98 Å². The average Bonchev–Trinajstić information content (AvgIpc) is 2.81. The summed E-state index contributed by atoms with van der Waals surface area (Å²) in [7, 11) is 0. The second-order valence-corrected chi connectivity index (χ2v) is 6.71. The molecule has 0 amide bonds. The van der Waals surface area contributed by atoms with Gasteiger partial charge in [-0.25, -0.2) is 11.1 Å². The van der Waals surface area contributed by atoms with Crippen molar-refractivity contribution in [2.24, 2.45) is 0 Å². The quantitative estimate of drug-likeness (QED) is 0.211. The van der Waals surface area contributed by atoms with Crippen LogP contribution in [0.15, 0.2) is 103 Å². The molecule has 1 heterocycles. The fourth-order valence-electron chi connectivity index (χ4n) is 3.17. The van der Waals surface area contributed by atoms with Crippen molar-refractivity contribution in [3.05, 3.63) is 127 Å². The van der Waals surface area contributed by atoms with Crippen molar-refractivity contribution in [3.63, 3.8) is 0 Å². The summed E-state index contributed by atoms with van der Waals surface area (Å²) in [6.07, 6.45) is 1.86. The van der Waals surface area contributed by atoms with Gasteiger partial charge in [-0.05, 0) is 29.5 Å². The largest absolute Gasteiger partial charge is 0.304 e. The second-order valence-electron chi connectivity index (χ2n) is 6.71. The third-order valence-corrected chi connectivity index (χ3v) is 4.59. The topological polar surface area (TPSA) is 12.9 Å². The third-order valence-electron chi connectivity index (χ3n) is 4.59. The summed E-state index contributed by atoms with van der Waals surface area (Å²) in [6.45, 7) is 2.11. The molecule has 0 aliphatic carbocycles. The molecule has 0 bridgehead atoms. The normalized spacial score (nSPS) is 9.90. The van der Waals surface area contributed by atoms with Gasteiger partial charge in [-0.15, -0.1) is 48.0 Å². The minimum atomic E-state index is 0. The van der Waals surface area contributed by atoms with Crippen LogP contribution in [-0.2, 0) is 21.1 Å². The Balaban J connectivity index is 0.000000175. The van der Waals surface area contributed by atoms with E-state index < -0.39 is 0 Å². The van der Waals surface area contributed by atoms with E-state index in [1.807, 2.05) is 79.0 Å². The van der Waals surface area contributed by atoms with Crippen molar-refractivity contribution < 1.29 is 21.1 Å². The summed E-state index contributed by atoms with van der Waals surface area (Å²) in [4.78, 5) is 4.48. The van der Waals surface area contributed by atoms with Gasteiger partial charge in [0.15, 0.2) is 0 Å². The van der Waals surface area contributed by atoms with Gasteiger partial charge >= 0.3 is 0 Å². The SMILES string of the molecule is Cc1ccc2c(-c3[c-]cccc3)nccc2c1.[Pt].[c-]1ccccc1-c1[c-]cccc1. The number of hydrogen-bond donors (Lipinski definition) is 0. The number of aryl methyl sites for hydroxylation is 1. The van der Waals surface area contributed by atoms with E-state index in [4.69, 9.17) is 0 Å². The first-order chi connectivity index (χ1) is 14.3. The molecule has 0 saturated carbocycles. The Morgan fingerprint density at radius 2 is 1.20 bits per heavy atom. The van der Waals surface area contributed by atoms with Gasteiger partial charge in [0, 0.05) is 27.3 Å². The zero-order valence-corrected chi connectivity index (χ0v) is 18.9. The minimum absolute atomic E-state index is 0. The van der Waals surface area contributed by atoms with Gasteiger partial charge in [-0.1, -0.05) is 23.8 Å². The molecule has 0 atom stereocenters. The molecule has 0 unspecified atom stereocenters. The second kappa shape index (κ2) is 10.7. The van der Waals surface area contributed by atoms with Crippen LogP contribution < -0.4 is 0 Å². The fourth-order valence-corrected chi connectivity index (χ4v) is 3.17. The van der Waals surface area contributed by atoms with E-state index >= 15 is 0 Å². The van der Waals surface area contributed by atoms with Crippen LogP contribution in [0.1, 0.15) is 5.56 Å². The number of fused-ring (bicyclic) bond motifs is 1. The monoisotopic (exact) mass is 565 g/mol. The van der Waals surface area contributed by atoms with Crippen LogP contribution in [0.3, 0.4) is 0 Å². The molecule has 2 heteroatoms. The number of aromatic nitrogens is 1. The van der Waals surface area contributed by atoms with E-state index in [0.717, 1.165) is 22.4 Å². The Labute approximate surface area is 192 Å². The Morgan fingerprint density at radius 3 is 1.73 bits per heavy atom. The predicted octanol–water partition coefficient (Wildman–Crippen LogP) is 6.96. The van der Waals surface area contributed by atoms with E-state index in [0.29, 0.717) is 0 Å². The molecule has 0 fully saturated rings. The zero-order valence-electron chi connectivity index (χ0n) is 16.6. The van der Waals surface area contributed by atoms with Gasteiger partial charge in [0.1, 0.15) is 0 Å². The summed E-state index contributed by atoms with van der Waals surface area (Å²) in [5, 5.41) is 2.41. The van der Waals surface area contributed by atoms with Crippen LogP contribution in [-0.4, -0.2) is 4.98 Å². The van der Waals surface area contributed by atoms with E-state index in [2.05, 4.69) is 54.4 Å². The predicted molar refractivity (Wildman–Crippen MR) is 120 cm³/mol. The molecule has 0 saturated heterocycles. The van der Waals surface area contributed by atoms with Gasteiger partial charge in [0.25, 0.3) is 0 Å². The van der Waals surface area contributed by atoms with E-state index in [-0.39, 0.29) is 21.1 Å². The number of nitrogens with zero attached hydrogens (tertiary/aromatic N) is 1. The van der Waals surface area contributed by atoms with Crippen molar-refractivity contribution in [1.29, 1.82) is 0 Å². The van der Waals surface area contributed by atoms with Gasteiger partial charge in [-0.2, -0.15) is 48.5 Å². The van der Waals surface area contributed by atoms with Crippen LogP contribution in [0.5, 0.6) is 0 Å². The first-order valence-electron chi connectivity index (χ1n) is 9.57. The average molecular weight is 566 g/mol. The van der Waals surface area contributed by atoms with Crippen LogP contribution in [0.2, 0.25) is 0 Å². The summed E-state index contributed by atoms with van der Waals surface area (Å²) < 4.78 is 0. The fraction of sp³-hybridized carbons (Fsp3) is 0.0357. The van der Waals surface area contributed by atoms with Crippen molar-refractivity contribution in [1.82, 2.24) is 4.98 Å². The van der Waals surface area contributed by atoms with Crippen LogP contribution in [0.25, 0.3) is 33.2 Å². The van der Waals surface area contributed by atoms with Crippen molar-refractivity contribution in [2.45, 2.75) is 6.92 Å². The Hall–Kier alpha value is -3.02. The standard InChI is InChI=1S/C16H12N.C12H8.Pt/c1-12-7-8-15-14(11-12)9-10-17-16(15)13-5-3-2-4-6-13;1-3-7-11(8-4-1)12-9-5-2-6-10-12;/h2-5,7-11H,1H3;1-7,9H;/q-1;-2;. The first-order valence-corrected chi connectivity index (χ1v) is 9.57. The van der Waals surface area contributed by atoms with Crippen molar-refractivity contribution in [3.8, 4) is 22.4 Å². The van der Waals surface area contributed by atoms with Gasteiger partial charge in [0.2, 0.25) is 0 Å². The number of hydrogen-bond acceptors (Lipinski definition) is 1. The maximum atomic E-state index is 4.48. The van der Waals surface area contributed by atoms with Crippen LogP contribution >= 0.6 is 0 Å². The molecule has 1 nitrogen and oxygen atoms in total. The Morgan fingerprint density at radius 1 is 0.633 bits per heavy atom. The van der Waals surface area contributed by atoms with E-state index in [1.54, 1.807) is 0 Å². The molecule has 4 aromatic carbocycles. The maximum Gasteiger partial charge on any atom is 0.0167 e. The summed E-state index contributed by atoms with van der Waals surface area (Å²) in [5.41, 5.74) is 5.51. The molecule has 0 aliphatic rings. The molecule has 0 radical (unpaired) electrons. The molecule has 5 aromatic rings. The Bertz CT molecular complexity index is 1150.